The Morgan fingerprint density at radius 2 is 2.00 bits per heavy atom. The van der Waals surface area contributed by atoms with Crippen molar-refractivity contribution in [3.05, 3.63) is 35.4 Å². The lowest BCUT2D eigenvalue weighted by Gasteiger charge is -2.29. The van der Waals surface area contributed by atoms with Gasteiger partial charge in [0, 0.05) is 26.7 Å². The van der Waals surface area contributed by atoms with Crippen molar-refractivity contribution >= 4 is 5.96 Å². The van der Waals surface area contributed by atoms with Crippen molar-refractivity contribution < 1.29 is 0 Å². The standard InChI is InChI=1S/C19H32N4/c1-16-8-7-9-18(12-16)14-22-19(20-3)21-13-17(2)15-23-10-5-4-6-11-23/h7-9,12,17H,4-6,10-11,13-15H2,1-3H3,(H2,20,21,22). The fourth-order valence-electron chi connectivity index (χ4n) is 3.15. The predicted octanol–water partition coefficient (Wildman–Crippen LogP) is 2.78. The van der Waals surface area contributed by atoms with Crippen LogP contribution in [0, 0.1) is 12.8 Å². The highest BCUT2D eigenvalue weighted by atomic mass is 15.2. The third-order valence-electron chi connectivity index (χ3n) is 4.40. The summed E-state index contributed by atoms with van der Waals surface area (Å²) in [7, 11) is 1.83. The monoisotopic (exact) mass is 316 g/mol. The second kappa shape index (κ2) is 9.56. The predicted molar refractivity (Wildman–Crippen MR) is 98.8 cm³/mol. The van der Waals surface area contributed by atoms with Crippen LogP contribution in [0.3, 0.4) is 0 Å². The molecule has 0 saturated carbocycles. The van der Waals surface area contributed by atoms with Gasteiger partial charge in [0.25, 0.3) is 0 Å². The molecule has 1 aromatic rings. The second-order valence-corrected chi connectivity index (χ2v) is 6.76. The minimum Gasteiger partial charge on any atom is -0.356 e. The Kier molecular flexibility index (Phi) is 7.40. The number of rotatable bonds is 6. The van der Waals surface area contributed by atoms with E-state index in [1.54, 1.807) is 0 Å². The fourth-order valence-corrected chi connectivity index (χ4v) is 3.15. The van der Waals surface area contributed by atoms with Gasteiger partial charge in [-0.25, -0.2) is 0 Å². The normalized spacial score (nSPS) is 17.8. The van der Waals surface area contributed by atoms with Crippen LogP contribution in [-0.2, 0) is 6.54 Å². The number of nitrogens with zero attached hydrogens (tertiary/aromatic N) is 2. The number of piperidine rings is 1. The molecule has 1 aliphatic heterocycles. The van der Waals surface area contributed by atoms with E-state index in [1.807, 2.05) is 7.05 Å². The van der Waals surface area contributed by atoms with Crippen LogP contribution in [0.5, 0.6) is 0 Å². The van der Waals surface area contributed by atoms with Crippen molar-refractivity contribution in [2.75, 3.05) is 33.2 Å². The number of aryl methyl sites for hydroxylation is 1. The first-order valence-corrected chi connectivity index (χ1v) is 8.90. The molecule has 0 amide bonds. The largest absolute Gasteiger partial charge is 0.356 e. The van der Waals surface area contributed by atoms with E-state index in [-0.39, 0.29) is 0 Å². The summed E-state index contributed by atoms with van der Waals surface area (Å²) in [6.07, 6.45) is 4.12. The lowest BCUT2D eigenvalue weighted by Crippen LogP contribution is -2.42. The molecular weight excluding hydrogens is 284 g/mol. The molecule has 1 unspecified atom stereocenters. The Labute approximate surface area is 141 Å². The summed E-state index contributed by atoms with van der Waals surface area (Å²) in [5, 5.41) is 6.85. The maximum absolute atomic E-state index is 4.33. The molecule has 4 nitrogen and oxygen atoms in total. The number of hydrogen-bond acceptors (Lipinski definition) is 2. The van der Waals surface area contributed by atoms with Crippen LogP contribution in [0.15, 0.2) is 29.3 Å². The Morgan fingerprint density at radius 1 is 1.22 bits per heavy atom. The smallest absolute Gasteiger partial charge is 0.191 e. The SMILES string of the molecule is CN=C(NCc1cccc(C)c1)NCC(C)CN1CCCCC1. The van der Waals surface area contributed by atoms with Gasteiger partial charge in [-0.3, -0.25) is 4.99 Å². The van der Waals surface area contributed by atoms with Crippen LogP contribution in [0.2, 0.25) is 0 Å². The van der Waals surface area contributed by atoms with Gasteiger partial charge >= 0.3 is 0 Å². The lowest BCUT2D eigenvalue weighted by atomic mass is 10.1. The van der Waals surface area contributed by atoms with Crippen LogP contribution in [0.1, 0.15) is 37.3 Å². The molecule has 1 aromatic carbocycles. The van der Waals surface area contributed by atoms with Crippen LogP contribution in [0.4, 0.5) is 0 Å². The quantitative estimate of drug-likeness (QED) is 0.626. The first-order chi connectivity index (χ1) is 11.2. The molecule has 1 heterocycles. The Hall–Kier alpha value is -1.55. The topological polar surface area (TPSA) is 39.7 Å². The maximum atomic E-state index is 4.33. The first kappa shape index (κ1) is 17.8. The number of benzene rings is 1. The highest BCUT2D eigenvalue weighted by Gasteiger charge is 2.13. The zero-order chi connectivity index (χ0) is 16.5. The maximum Gasteiger partial charge on any atom is 0.191 e. The summed E-state index contributed by atoms with van der Waals surface area (Å²) >= 11 is 0. The number of aliphatic imine (C=N–C) groups is 1. The van der Waals surface area contributed by atoms with Gasteiger partial charge in [-0.1, -0.05) is 43.2 Å². The minimum atomic E-state index is 0.630. The zero-order valence-electron chi connectivity index (χ0n) is 14.9. The lowest BCUT2D eigenvalue weighted by molar-refractivity contribution is 0.201. The molecule has 1 fully saturated rings. The molecule has 0 radical (unpaired) electrons. The Bertz CT molecular complexity index is 492. The van der Waals surface area contributed by atoms with Gasteiger partial charge in [0.05, 0.1) is 0 Å². The molecule has 23 heavy (non-hydrogen) atoms. The molecule has 0 spiro atoms. The molecule has 1 atom stereocenters. The summed E-state index contributed by atoms with van der Waals surface area (Å²) in [6, 6.07) is 8.58. The van der Waals surface area contributed by atoms with Crippen molar-refractivity contribution in [1.82, 2.24) is 15.5 Å². The van der Waals surface area contributed by atoms with Crippen LogP contribution in [0.25, 0.3) is 0 Å². The molecule has 0 aliphatic carbocycles. The molecule has 128 valence electrons. The first-order valence-electron chi connectivity index (χ1n) is 8.90. The van der Waals surface area contributed by atoms with Gasteiger partial charge in [-0.2, -0.15) is 0 Å². The molecule has 4 heteroatoms. The van der Waals surface area contributed by atoms with E-state index < -0.39 is 0 Å². The van der Waals surface area contributed by atoms with Crippen molar-refractivity contribution in [2.24, 2.45) is 10.9 Å². The fraction of sp³-hybridized carbons (Fsp3) is 0.632. The van der Waals surface area contributed by atoms with E-state index in [2.05, 4.69) is 58.6 Å². The van der Waals surface area contributed by atoms with Gasteiger partial charge < -0.3 is 15.5 Å². The molecule has 1 saturated heterocycles. The van der Waals surface area contributed by atoms with Gasteiger partial charge in [0.2, 0.25) is 0 Å². The van der Waals surface area contributed by atoms with E-state index in [0.717, 1.165) is 19.0 Å². The summed E-state index contributed by atoms with van der Waals surface area (Å²) in [6.45, 7) is 9.93. The number of hydrogen-bond donors (Lipinski definition) is 2. The van der Waals surface area contributed by atoms with Crippen LogP contribution < -0.4 is 10.6 Å². The van der Waals surface area contributed by atoms with Crippen molar-refractivity contribution in [3.8, 4) is 0 Å². The molecule has 0 bridgehead atoms. The van der Waals surface area contributed by atoms with E-state index >= 15 is 0 Å². The third kappa shape index (κ3) is 6.61. The number of guanidine groups is 1. The highest BCUT2D eigenvalue weighted by molar-refractivity contribution is 5.79. The van der Waals surface area contributed by atoms with Gasteiger partial charge in [-0.15, -0.1) is 0 Å². The molecule has 1 aliphatic rings. The molecule has 2 N–H and O–H groups in total. The Balaban J connectivity index is 1.69. The average Bonchev–Trinajstić information content (AvgIpc) is 2.56. The molecular formula is C19H32N4. The van der Waals surface area contributed by atoms with Gasteiger partial charge in [-0.05, 0) is 44.3 Å². The van der Waals surface area contributed by atoms with Gasteiger partial charge in [0.15, 0.2) is 5.96 Å². The second-order valence-electron chi connectivity index (χ2n) is 6.76. The molecule has 2 rings (SSSR count). The summed E-state index contributed by atoms with van der Waals surface area (Å²) < 4.78 is 0. The van der Waals surface area contributed by atoms with Crippen molar-refractivity contribution in [2.45, 2.75) is 39.7 Å². The third-order valence-corrected chi connectivity index (χ3v) is 4.40. The molecule has 0 aromatic heterocycles. The Morgan fingerprint density at radius 3 is 2.70 bits per heavy atom. The average molecular weight is 316 g/mol. The summed E-state index contributed by atoms with van der Waals surface area (Å²) in [5.41, 5.74) is 2.58. The van der Waals surface area contributed by atoms with Crippen molar-refractivity contribution in [1.29, 1.82) is 0 Å². The van der Waals surface area contributed by atoms with E-state index in [1.165, 1.54) is 50.0 Å². The number of nitrogens with one attached hydrogen (secondary N) is 2. The van der Waals surface area contributed by atoms with Crippen LogP contribution in [-0.4, -0.2) is 44.1 Å². The minimum absolute atomic E-state index is 0.630. The number of likely N-dealkylation sites (tertiary alicyclic amines) is 1. The van der Waals surface area contributed by atoms with E-state index in [9.17, 15) is 0 Å². The van der Waals surface area contributed by atoms with Crippen molar-refractivity contribution in [3.63, 3.8) is 0 Å². The van der Waals surface area contributed by atoms with Crippen LogP contribution >= 0.6 is 0 Å². The highest BCUT2D eigenvalue weighted by Crippen LogP contribution is 2.10. The summed E-state index contributed by atoms with van der Waals surface area (Å²) in [4.78, 5) is 6.92. The van der Waals surface area contributed by atoms with E-state index in [0.29, 0.717) is 5.92 Å². The van der Waals surface area contributed by atoms with Gasteiger partial charge in [0.1, 0.15) is 0 Å². The zero-order valence-corrected chi connectivity index (χ0v) is 14.9. The van der Waals surface area contributed by atoms with E-state index in [4.69, 9.17) is 0 Å². The summed E-state index contributed by atoms with van der Waals surface area (Å²) in [5.74, 6) is 1.52.